The molecule has 0 heterocycles. The summed E-state index contributed by atoms with van der Waals surface area (Å²) in [4.78, 5) is 0. The molecule has 2 aromatic rings. The summed E-state index contributed by atoms with van der Waals surface area (Å²) < 4.78 is 4.64. The van der Waals surface area contributed by atoms with Gasteiger partial charge in [0.2, 0.25) is 0 Å². The van der Waals surface area contributed by atoms with Crippen LogP contribution in [0.2, 0.25) is 9.36 Å². The zero-order valence-electron chi connectivity index (χ0n) is 10.7. The minimum absolute atomic E-state index is 0.0833. The molecule has 0 nitrogen and oxygen atoms in total. The van der Waals surface area contributed by atoms with Crippen LogP contribution in [0.3, 0.4) is 0 Å². The standard InChI is InChI=1S/C14H12.2CH3.Hf/c1-10-8-12-7-6-11-4-2-3-5-13(11)14(12)9-10;;;/h2-8H,9H2,1H3;2*1H3;. The molecule has 0 saturated heterocycles. The second kappa shape index (κ2) is 5.77. The van der Waals surface area contributed by atoms with Gasteiger partial charge in [0.05, 0.1) is 0 Å². The van der Waals surface area contributed by atoms with Crippen molar-refractivity contribution < 1.29 is 22.9 Å². The third kappa shape index (κ3) is 2.77. The third-order valence-corrected chi connectivity index (χ3v) is 2.93. The Morgan fingerprint density at radius 1 is 1.00 bits per heavy atom. The van der Waals surface area contributed by atoms with Gasteiger partial charge in [0, 0.05) is 0 Å². The molecule has 1 aliphatic carbocycles. The molecule has 1 heteroatoms. The summed E-state index contributed by atoms with van der Waals surface area (Å²) in [5, 5.41) is 2.77. The van der Waals surface area contributed by atoms with E-state index in [4.69, 9.17) is 0 Å². The van der Waals surface area contributed by atoms with Crippen LogP contribution in [0.25, 0.3) is 16.8 Å². The van der Waals surface area contributed by atoms with Crippen molar-refractivity contribution in [1.29, 1.82) is 0 Å². The van der Waals surface area contributed by atoms with E-state index in [0.717, 1.165) is 6.42 Å². The molecule has 0 aliphatic heterocycles. The number of allylic oxidation sites excluding steroid dienone is 1. The van der Waals surface area contributed by atoms with E-state index in [9.17, 15) is 0 Å². The summed E-state index contributed by atoms with van der Waals surface area (Å²) in [6.45, 7) is 2.20. The molecule has 0 spiro atoms. The Morgan fingerprint density at radius 2 is 1.71 bits per heavy atom. The van der Waals surface area contributed by atoms with Crippen molar-refractivity contribution >= 4 is 16.8 Å². The van der Waals surface area contributed by atoms with E-state index < -0.39 is 0 Å². The van der Waals surface area contributed by atoms with Gasteiger partial charge in [-0.05, 0) is 35.2 Å². The van der Waals surface area contributed by atoms with E-state index in [1.165, 1.54) is 27.5 Å². The van der Waals surface area contributed by atoms with Gasteiger partial charge in [0.15, 0.2) is 0 Å². The van der Waals surface area contributed by atoms with E-state index >= 15 is 0 Å². The molecule has 86 valence electrons. The van der Waals surface area contributed by atoms with Crippen LogP contribution in [0.5, 0.6) is 0 Å². The summed E-state index contributed by atoms with van der Waals surface area (Å²) in [5.41, 5.74) is 4.37. The van der Waals surface area contributed by atoms with Crippen LogP contribution < -0.4 is 0 Å². The predicted molar refractivity (Wildman–Crippen MR) is 73.0 cm³/mol. The Bertz CT molecular complexity index is 552. The van der Waals surface area contributed by atoms with Gasteiger partial charge < -0.3 is 0 Å². The predicted octanol–water partition coefficient (Wildman–Crippen LogP) is 4.96. The maximum atomic E-state index is 2.32. The van der Waals surface area contributed by atoms with Gasteiger partial charge in [-0.1, -0.05) is 48.0 Å². The van der Waals surface area contributed by atoms with Gasteiger partial charge in [-0.25, -0.2) is 0 Å². The van der Waals surface area contributed by atoms with Crippen molar-refractivity contribution in [2.24, 2.45) is 0 Å². The third-order valence-electron chi connectivity index (χ3n) is 2.93. The number of hydrogen-bond acceptors (Lipinski definition) is 0. The SMILES string of the molecule is CC1=Cc2ccc3ccccc3c2C1.[CH3][Hf][CH3]. The molecule has 0 N–H and O–H groups in total. The first kappa shape index (κ1) is 12.8. The number of rotatable bonds is 0. The van der Waals surface area contributed by atoms with E-state index in [1.54, 1.807) is 0 Å². The molecule has 0 radical (unpaired) electrons. The average molecular weight is 389 g/mol. The normalized spacial score (nSPS) is 12.5. The van der Waals surface area contributed by atoms with Crippen molar-refractivity contribution in [3.05, 3.63) is 53.1 Å². The molecule has 0 atom stereocenters. The van der Waals surface area contributed by atoms with Gasteiger partial charge in [-0.2, -0.15) is 0 Å². The fourth-order valence-electron chi connectivity index (χ4n) is 2.28. The Morgan fingerprint density at radius 3 is 2.47 bits per heavy atom. The van der Waals surface area contributed by atoms with Crippen molar-refractivity contribution in [3.63, 3.8) is 0 Å². The second-order valence-corrected chi connectivity index (χ2v) is 8.11. The summed E-state index contributed by atoms with van der Waals surface area (Å²) >= 11 is 0.0833. The molecule has 0 amide bonds. The number of benzene rings is 2. The van der Waals surface area contributed by atoms with E-state index in [0.29, 0.717) is 0 Å². The fraction of sp³-hybridized carbons (Fsp3) is 0.250. The molecule has 1 aliphatic rings. The first-order chi connectivity index (χ1) is 8.26. The Labute approximate surface area is 115 Å². The van der Waals surface area contributed by atoms with Crippen LogP contribution >= 0.6 is 0 Å². The number of hydrogen-bond donors (Lipinski definition) is 0. The molecular formula is C16H18Hf. The van der Waals surface area contributed by atoms with Crippen LogP contribution in [0.4, 0.5) is 0 Å². The van der Waals surface area contributed by atoms with Crippen LogP contribution in [0.1, 0.15) is 18.1 Å². The second-order valence-electron chi connectivity index (χ2n) is 4.52. The summed E-state index contributed by atoms with van der Waals surface area (Å²) in [5.74, 6) is 0. The monoisotopic (exact) mass is 390 g/mol. The number of fused-ring (bicyclic) bond motifs is 3. The van der Waals surface area contributed by atoms with Gasteiger partial charge in [0.25, 0.3) is 0 Å². The Kier molecular flexibility index (Phi) is 4.33. The molecule has 2 aromatic carbocycles. The topological polar surface area (TPSA) is 0 Å². The van der Waals surface area contributed by atoms with E-state index in [1.807, 2.05) is 0 Å². The van der Waals surface area contributed by atoms with Gasteiger partial charge >= 0.3 is 32.3 Å². The molecule has 0 aromatic heterocycles. The van der Waals surface area contributed by atoms with Crippen LogP contribution in [-0.4, -0.2) is 0 Å². The summed E-state index contributed by atoms with van der Waals surface area (Å²) in [6, 6.07) is 13.1. The zero-order valence-corrected chi connectivity index (χ0v) is 14.3. The van der Waals surface area contributed by atoms with Crippen LogP contribution in [0, 0.1) is 0 Å². The average Bonchev–Trinajstić information content (AvgIpc) is 2.71. The van der Waals surface area contributed by atoms with Crippen molar-refractivity contribution in [3.8, 4) is 0 Å². The van der Waals surface area contributed by atoms with E-state index in [2.05, 4.69) is 58.8 Å². The van der Waals surface area contributed by atoms with Crippen LogP contribution in [0.15, 0.2) is 42.0 Å². The molecule has 17 heavy (non-hydrogen) atoms. The Balaban J connectivity index is 0.000000329. The molecule has 0 bridgehead atoms. The maximum absolute atomic E-state index is 2.32. The first-order valence-electron chi connectivity index (χ1n) is 6.02. The zero-order chi connectivity index (χ0) is 12.3. The van der Waals surface area contributed by atoms with Crippen molar-refractivity contribution in [2.75, 3.05) is 0 Å². The first-order valence-corrected chi connectivity index (χ1v) is 13.2. The molecular weight excluding hydrogens is 371 g/mol. The molecule has 0 unspecified atom stereocenters. The molecule has 0 fully saturated rings. The van der Waals surface area contributed by atoms with Gasteiger partial charge in [0.1, 0.15) is 0 Å². The van der Waals surface area contributed by atoms with Crippen molar-refractivity contribution in [2.45, 2.75) is 22.7 Å². The molecule has 3 rings (SSSR count). The minimum atomic E-state index is 0.0833. The van der Waals surface area contributed by atoms with E-state index in [-0.39, 0.29) is 22.9 Å². The molecule has 0 saturated carbocycles. The van der Waals surface area contributed by atoms with Crippen LogP contribution in [-0.2, 0) is 29.3 Å². The summed E-state index contributed by atoms with van der Waals surface area (Å²) in [7, 11) is 0. The van der Waals surface area contributed by atoms with Gasteiger partial charge in [-0.3, -0.25) is 0 Å². The quantitative estimate of drug-likeness (QED) is 0.559. The fourth-order valence-corrected chi connectivity index (χ4v) is 2.28. The summed E-state index contributed by atoms with van der Waals surface area (Å²) in [6.07, 6.45) is 3.42. The Hall–Kier alpha value is -0.690. The van der Waals surface area contributed by atoms with Crippen molar-refractivity contribution in [1.82, 2.24) is 0 Å². The van der Waals surface area contributed by atoms with Gasteiger partial charge in [-0.15, -0.1) is 0 Å².